The quantitative estimate of drug-likeness (QED) is 0.856. The summed E-state index contributed by atoms with van der Waals surface area (Å²) in [7, 11) is 0. The molecule has 2 aromatic carbocycles. The van der Waals surface area contributed by atoms with Crippen LogP contribution in [0.1, 0.15) is 22.7 Å². The maximum Gasteiger partial charge on any atom is 0.123 e. The van der Waals surface area contributed by atoms with Crippen molar-refractivity contribution in [2.24, 2.45) is 5.73 Å². The van der Waals surface area contributed by atoms with Gasteiger partial charge in [-0.1, -0.05) is 39.7 Å². The lowest BCUT2D eigenvalue weighted by atomic mass is 9.96. The average molecular weight is 329 g/mol. The van der Waals surface area contributed by atoms with Crippen LogP contribution in [-0.4, -0.2) is 0 Å². The van der Waals surface area contributed by atoms with E-state index in [-0.39, 0.29) is 11.9 Å². The molecule has 0 saturated heterocycles. The van der Waals surface area contributed by atoms with E-state index in [1.165, 1.54) is 12.1 Å². The fourth-order valence-corrected chi connectivity index (χ4v) is 2.84. The maximum atomic E-state index is 13.1. The SMILES string of the molecule is Cc1cc(F)ccc1C(N)c1ccc(Cl)cc1Br. The summed E-state index contributed by atoms with van der Waals surface area (Å²) in [5.41, 5.74) is 8.89. The number of hydrogen-bond donors (Lipinski definition) is 1. The molecule has 0 aliphatic carbocycles. The van der Waals surface area contributed by atoms with Crippen molar-refractivity contribution < 1.29 is 4.39 Å². The molecule has 0 saturated carbocycles. The molecule has 4 heteroatoms. The Kier molecular flexibility index (Phi) is 4.05. The Morgan fingerprint density at radius 2 is 1.83 bits per heavy atom. The molecule has 94 valence electrons. The molecule has 1 unspecified atom stereocenters. The highest BCUT2D eigenvalue weighted by Gasteiger charge is 2.14. The lowest BCUT2D eigenvalue weighted by Crippen LogP contribution is -2.14. The Morgan fingerprint density at radius 1 is 1.17 bits per heavy atom. The summed E-state index contributed by atoms with van der Waals surface area (Å²) in [6, 6.07) is 9.79. The molecule has 2 rings (SSSR count). The van der Waals surface area contributed by atoms with E-state index in [1.807, 2.05) is 13.0 Å². The number of halogens is 3. The van der Waals surface area contributed by atoms with Crippen LogP contribution in [0.5, 0.6) is 0 Å². The molecular formula is C14H12BrClFN. The van der Waals surface area contributed by atoms with Gasteiger partial charge in [-0.3, -0.25) is 0 Å². The number of aryl methyl sites for hydroxylation is 1. The van der Waals surface area contributed by atoms with Crippen LogP contribution in [0.3, 0.4) is 0 Å². The Morgan fingerprint density at radius 3 is 2.44 bits per heavy atom. The largest absolute Gasteiger partial charge is 0.320 e. The molecule has 18 heavy (non-hydrogen) atoms. The summed E-state index contributed by atoms with van der Waals surface area (Å²) in [5, 5.41) is 0.647. The van der Waals surface area contributed by atoms with E-state index in [9.17, 15) is 4.39 Å². The summed E-state index contributed by atoms with van der Waals surface area (Å²) < 4.78 is 13.9. The first kappa shape index (κ1) is 13.5. The first-order valence-corrected chi connectivity index (χ1v) is 6.62. The van der Waals surface area contributed by atoms with Crippen LogP contribution in [0.2, 0.25) is 5.02 Å². The molecule has 0 aliphatic rings. The van der Waals surface area contributed by atoms with Crippen molar-refractivity contribution in [3.63, 3.8) is 0 Å². The van der Waals surface area contributed by atoms with Gasteiger partial charge in [0.15, 0.2) is 0 Å². The zero-order valence-corrected chi connectivity index (χ0v) is 12.1. The topological polar surface area (TPSA) is 26.0 Å². The van der Waals surface area contributed by atoms with Crippen LogP contribution in [0.25, 0.3) is 0 Å². The van der Waals surface area contributed by atoms with E-state index in [4.69, 9.17) is 17.3 Å². The minimum absolute atomic E-state index is 0.251. The molecule has 1 nitrogen and oxygen atoms in total. The standard InChI is InChI=1S/C14H12BrClFN/c1-8-6-10(17)3-5-11(8)14(18)12-4-2-9(16)7-13(12)15/h2-7,14H,18H2,1H3. The van der Waals surface area contributed by atoms with Gasteiger partial charge in [0.25, 0.3) is 0 Å². The highest BCUT2D eigenvalue weighted by Crippen LogP contribution is 2.30. The first-order chi connectivity index (χ1) is 8.49. The summed E-state index contributed by atoms with van der Waals surface area (Å²) in [6.45, 7) is 1.85. The number of rotatable bonds is 2. The molecule has 0 bridgehead atoms. The van der Waals surface area contributed by atoms with Gasteiger partial charge in [0, 0.05) is 9.50 Å². The van der Waals surface area contributed by atoms with E-state index in [0.29, 0.717) is 5.02 Å². The Balaban J connectivity index is 2.44. The fourth-order valence-electron chi connectivity index (χ4n) is 1.91. The van der Waals surface area contributed by atoms with Gasteiger partial charge in [0.05, 0.1) is 6.04 Å². The normalized spacial score (nSPS) is 12.5. The van der Waals surface area contributed by atoms with Crippen LogP contribution in [0.4, 0.5) is 4.39 Å². The molecule has 0 amide bonds. The van der Waals surface area contributed by atoms with Crippen LogP contribution < -0.4 is 5.73 Å². The zero-order chi connectivity index (χ0) is 13.3. The van der Waals surface area contributed by atoms with Crippen molar-refractivity contribution in [2.45, 2.75) is 13.0 Å². The van der Waals surface area contributed by atoms with Crippen LogP contribution >= 0.6 is 27.5 Å². The number of benzene rings is 2. The molecule has 2 N–H and O–H groups in total. The van der Waals surface area contributed by atoms with Crippen molar-refractivity contribution >= 4 is 27.5 Å². The third-order valence-electron chi connectivity index (χ3n) is 2.86. The van der Waals surface area contributed by atoms with Gasteiger partial charge in [0.1, 0.15) is 5.82 Å². The third-order valence-corrected chi connectivity index (χ3v) is 3.79. The molecule has 0 heterocycles. The Bertz CT molecular complexity index is 535. The second-order valence-electron chi connectivity index (χ2n) is 4.14. The van der Waals surface area contributed by atoms with Gasteiger partial charge in [-0.05, 0) is 47.9 Å². The maximum absolute atomic E-state index is 13.1. The third kappa shape index (κ3) is 2.74. The van der Waals surface area contributed by atoms with E-state index < -0.39 is 0 Å². The van der Waals surface area contributed by atoms with Gasteiger partial charge in [-0.15, -0.1) is 0 Å². The fraction of sp³-hybridized carbons (Fsp3) is 0.143. The molecule has 0 radical (unpaired) electrons. The average Bonchev–Trinajstić information content (AvgIpc) is 2.28. The number of nitrogens with two attached hydrogens (primary N) is 1. The second kappa shape index (κ2) is 5.39. The first-order valence-electron chi connectivity index (χ1n) is 5.45. The molecule has 0 fully saturated rings. The van der Waals surface area contributed by atoms with Gasteiger partial charge < -0.3 is 5.73 Å². The van der Waals surface area contributed by atoms with Gasteiger partial charge in [0.2, 0.25) is 0 Å². The van der Waals surface area contributed by atoms with Crippen molar-refractivity contribution in [1.29, 1.82) is 0 Å². The summed E-state index contributed by atoms with van der Waals surface area (Å²) in [6.07, 6.45) is 0. The monoisotopic (exact) mass is 327 g/mol. The lowest BCUT2D eigenvalue weighted by molar-refractivity contribution is 0.624. The highest BCUT2D eigenvalue weighted by atomic mass is 79.9. The summed E-state index contributed by atoms with van der Waals surface area (Å²) in [4.78, 5) is 0. The Hall–Kier alpha value is -0.900. The zero-order valence-electron chi connectivity index (χ0n) is 9.75. The minimum atomic E-state index is -0.308. The smallest absolute Gasteiger partial charge is 0.123 e. The molecule has 2 aromatic rings. The van der Waals surface area contributed by atoms with Crippen molar-refractivity contribution in [3.8, 4) is 0 Å². The minimum Gasteiger partial charge on any atom is -0.320 e. The predicted octanol–water partition coefficient (Wildman–Crippen LogP) is 4.60. The molecule has 0 aromatic heterocycles. The van der Waals surface area contributed by atoms with Crippen LogP contribution in [-0.2, 0) is 0 Å². The second-order valence-corrected chi connectivity index (χ2v) is 5.44. The van der Waals surface area contributed by atoms with Gasteiger partial charge in [-0.25, -0.2) is 4.39 Å². The van der Waals surface area contributed by atoms with Crippen molar-refractivity contribution in [1.82, 2.24) is 0 Å². The summed E-state index contributed by atoms with van der Waals surface area (Å²) in [5.74, 6) is -0.251. The lowest BCUT2D eigenvalue weighted by Gasteiger charge is -2.17. The van der Waals surface area contributed by atoms with Crippen LogP contribution in [0.15, 0.2) is 40.9 Å². The molecule has 0 aliphatic heterocycles. The van der Waals surface area contributed by atoms with Gasteiger partial charge >= 0.3 is 0 Å². The van der Waals surface area contributed by atoms with E-state index in [0.717, 1.165) is 21.2 Å². The molecule has 1 atom stereocenters. The van der Waals surface area contributed by atoms with E-state index in [2.05, 4.69) is 15.9 Å². The van der Waals surface area contributed by atoms with Crippen LogP contribution in [0, 0.1) is 12.7 Å². The highest BCUT2D eigenvalue weighted by molar-refractivity contribution is 9.10. The molecular weight excluding hydrogens is 317 g/mol. The predicted molar refractivity (Wildman–Crippen MR) is 76.3 cm³/mol. The van der Waals surface area contributed by atoms with Crippen molar-refractivity contribution in [2.75, 3.05) is 0 Å². The summed E-state index contributed by atoms with van der Waals surface area (Å²) >= 11 is 9.34. The van der Waals surface area contributed by atoms with E-state index in [1.54, 1.807) is 18.2 Å². The van der Waals surface area contributed by atoms with Gasteiger partial charge in [-0.2, -0.15) is 0 Å². The molecule has 0 spiro atoms. The number of hydrogen-bond acceptors (Lipinski definition) is 1. The Labute approximate surface area is 119 Å². The van der Waals surface area contributed by atoms with E-state index >= 15 is 0 Å². The van der Waals surface area contributed by atoms with Crippen molar-refractivity contribution in [3.05, 3.63) is 68.4 Å².